The topological polar surface area (TPSA) is 56.7 Å². The molecular weight excluding hydrogens is 312 g/mol. The number of aliphatic imine (C=N–C) groups is 1. The van der Waals surface area contributed by atoms with Gasteiger partial charge in [-0.2, -0.15) is 0 Å². The Hall–Kier alpha value is -1.26. The van der Waals surface area contributed by atoms with Crippen molar-refractivity contribution in [1.29, 1.82) is 0 Å². The molecule has 0 aromatic heterocycles. The number of guanidine groups is 1. The number of nitrogens with one attached hydrogen (secondary N) is 2. The molecule has 0 aromatic carbocycles. The molecule has 0 heterocycles. The van der Waals surface area contributed by atoms with Crippen LogP contribution in [0.1, 0.15) is 64.2 Å². The Kier molecular flexibility index (Phi) is 5.90. The summed E-state index contributed by atoms with van der Waals surface area (Å²) in [6.07, 6.45) is 12.6. The molecule has 5 nitrogen and oxygen atoms in total. The zero-order chi connectivity index (χ0) is 17.9. The van der Waals surface area contributed by atoms with Crippen molar-refractivity contribution in [2.45, 2.75) is 70.3 Å². The van der Waals surface area contributed by atoms with Crippen molar-refractivity contribution in [3.05, 3.63) is 0 Å². The van der Waals surface area contributed by atoms with E-state index in [-0.39, 0.29) is 11.3 Å². The van der Waals surface area contributed by atoms with E-state index in [1.807, 2.05) is 21.1 Å². The fourth-order valence-electron chi connectivity index (χ4n) is 5.08. The molecular formula is C20H36N4O. The molecule has 1 amide bonds. The third-order valence-electron chi connectivity index (χ3n) is 6.66. The van der Waals surface area contributed by atoms with Crippen molar-refractivity contribution in [3.8, 4) is 0 Å². The predicted molar refractivity (Wildman–Crippen MR) is 103 cm³/mol. The van der Waals surface area contributed by atoms with E-state index < -0.39 is 0 Å². The lowest BCUT2D eigenvalue weighted by Crippen LogP contribution is -2.49. The molecule has 142 valence electrons. The normalized spacial score (nSPS) is 29.3. The zero-order valence-electron chi connectivity index (χ0n) is 16.3. The van der Waals surface area contributed by atoms with E-state index >= 15 is 0 Å². The summed E-state index contributed by atoms with van der Waals surface area (Å²) in [7, 11) is 5.57. The predicted octanol–water partition coefficient (Wildman–Crippen LogP) is 2.77. The summed E-state index contributed by atoms with van der Waals surface area (Å²) in [5.74, 6) is 2.89. The van der Waals surface area contributed by atoms with E-state index in [4.69, 9.17) is 0 Å². The van der Waals surface area contributed by atoms with Crippen LogP contribution in [0.2, 0.25) is 0 Å². The van der Waals surface area contributed by atoms with Crippen LogP contribution in [0.4, 0.5) is 0 Å². The Bertz CT molecular complexity index is 490. The lowest BCUT2D eigenvalue weighted by atomic mass is 9.84. The van der Waals surface area contributed by atoms with Crippen molar-refractivity contribution in [2.24, 2.45) is 22.2 Å². The maximum absolute atomic E-state index is 12.7. The molecule has 0 spiro atoms. The number of hydrogen-bond acceptors (Lipinski definition) is 2. The smallest absolute Gasteiger partial charge is 0.230 e. The molecule has 3 aliphatic carbocycles. The highest BCUT2D eigenvalue weighted by Gasteiger charge is 2.44. The summed E-state index contributed by atoms with van der Waals surface area (Å²) in [4.78, 5) is 18.9. The summed E-state index contributed by atoms with van der Waals surface area (Å²) in [6.45, 7) is 0.699. The van der Waals surface area contributed by atoms with E-state index in [2.05, 4.69) is 15.6 Å². The summed E-state index contributed by atoms with van der Waals surface area (Å²) in [5.41, 5.74) is -0.243. The van der Waals surface area contributed by atoms with Crippen LogP contribution in [0.15, 0.2) is 4.99 Å². The van der Waals surface area contributed by atoms with Crippen LogP contribution in [0.5, 0.6) is 0 Å². The van der Waals surface area contributed by atoms with Crippen LogP contribution in [0.3, 0.4) is 0 Å². The fourth-order valence-corrected chi connectivity index (χ4v) is 5.08. The minimum absolute atomic E-state index is 0.243. The molecule has 25 heavy (non-hydrogen) atoms. The second-order valence-corrected chi connectivity index (χ2v) is 8.66. The van der Waals surface area contributed by atoms with Gasteiger partial charge in [-0.3, -0.25) is 9.79 Å². The molecule has 0 aliphatic heterocycles. The zero-order valence-corrected chi connectivity index (χ0v) is 16.3. The van der Waals surface area contributed by atoms with Gasteiger partial charge >= 0.3 is 0 Å². The minimum Gasteiger partial charge on any atom is -0.355 e. The molecule has 3 rings (SSSR count). The first kappa shape index (κ1) is 18.5. The van der Waals surface area contributed by atoms with Gasteiger partial charge < -0.3 is 15.5 Å². The lowest BCUT2D eigenvalue weighted by molar-refractivity contribution is -0.138. The Morgan fingerprint density at radius 1 is 1.12 bits per heavy atom. The molecule has 0 radical (unpaired) electrons. The van der Waals surface area contributed by atoms with Gasteiger partial charge in [0.25, 0.3) is 0 Å². The van der Waals surface area contributed by atoms with Crippen LogP contribution in [-0.4, -0.2) is 50.5 Å². The van der Waals surface area contributed by atoms with Crippen molar-refractivity contribution < 1.29 is 4.79 Å². The van der Waals surface area contributed by atoms with Crippen molar-refractivity contribution in [3.63, 3.8) is 0 Å². The average molecular weight is 349 g/mol. The second kappa shape index (κ2) is 7.96. The van der Waals surface area contributed by atoms with Crippen molar-refractivity contribution in [1.82, 2.24) is 15.5 Å². The van der Waals surface area contributed by atoms with Gasteiger partial charge in [-0.25, -0.2) is 0 Å². The number of hydrogen-bond donors (Lipinski definition) is 2. The molecule has 3 aliphatic rings. The van der Waals surface area contributed by atoms with Gasteiger partial charge in [-0.1, -0.05) is 44.9 Å². The molecule has 5 heteroatoms. The quantitative estimate of drug-likeness (QED) is 0.593. The highest BCUT2D eigenvalue weighted by atomic mass is 16.2. The van der Waals surface area contributed by atoms with Crippen LogP contribution in [-0.2, 0) is 4.79 Å². The summed E-state index contributed by atoms with van der Waals surface area (Å²) in [6, 6.07) is 0.582. The van der Waals surface area contributed by atoms with Gasteiger partial charge in [-0.05, 0) is 31.1 Å². The number of rotatable bonds is 5. The molecule has 2 atom stereocenters. The Balaban J connectivity index is 1.50. The number of carbonyl (C=O) groups is 1. The van der Waals surface area contributed by atoms with E-state index in [9.17, 15) is 4.79 Å². The van der Waals surface area contributed by atoms with Crippen molar-refractivity contribution >= 4 is 11.9 Å². The molecule has 2 unspecified atom stereocenters. The number of amides is 1. The lowest BCUT2D eigenvalue weighted by Gasteiger charge is -2.31. The second-order valence-electron chi connectivity index (χ2n) is 8.66. The largest absolute Gasteiger partial charge is 0.355 e. The van der Waals surface area contributed by atoms with Gasteiger partial charge in [0.15, 0.2) is 5.96 Å². The SMILES string of the molecule is CN=C(NCC1(C(=O)N(C)C)CCCC1)NC1CC1C1CCCCC1. The standard InChI is InChI=1S/C20H36N4O/c1-21-19(23-17-13-16(17)15-9-5-4-6-10-15)22-14-20(11-7-8-12-20)18(25)24(2)3/h15-17H,4-14H2,1-3H3,(H2,21,22,23). The highest BCUT2D eigenvalue weighted by molar-refractivity contribution is 5.85. The van der Waals surface area contributed by atoms with Crippen LogP contribution in [0, 0.1) is 17.3 Å². The van der Waals surface area contributed by atoms with Crippen LogP contribution >= 0.6 is 0 Å². The fraction of sp³-hybridized carbons (Fsp3) is 0.900. The average Bonchev–Trinajstić information content (AvgIpc) is 3.24. The Morgan fingerprint density at radius 3 is 2.40 bits per heavy atom. The molecule has 3 saturated carbocycles. The van der Waals surface area contributed by atoms with Gasteiger partial charge in [-0.15, -0.1) is 0 Å². The maximum Gasteiger partial charge on any atom is 0.230 e. The monoisotopic (exact) mass is 348 g/mol. The summed E-state index contributed by atoms with van der Waals surface area (Å²) < 4.78 is 0. The third kappa shape index (κ3) is 4.29. The van der Waals surface area contributed by atoms with Crippen LogP contribution < -0.4 is 10.6 Å². The van der Waals surface area contributed by atoms with Gasteiger partial charge in [0, 0.05) is 33.7 Å². The molecule has 0 bridgehead atoms. The first-order valence-corrected chi connectivity index (χ1v) is 10.2. The molecule has 0 saturated heterocycles. The van der Waals surface area contributed by atoms with Gasteiger partial charge in [0.05, 0.1) is 5.41 Å². The number of nitrogens with zero attached hydrogens (tertiary/aromatic N) is 2. The minimum atomic E-state index is -0.243. The first-order valence-electron chi connectivity index (χ1n) is 10.2. The third-order valence-corrected chi connectivity index (χ3v) is 6.66. The first-order chi connectivity index (χ1) is 12.1. The van der Waals surface area contributed by atoms with E-state index in [1.54, 1.807) is 4.90 Å². The van der Waals surface area contributed by atoms with Gasteiger partial charge in [0.2, 0.25) is 5.91 Å². The van der Waals surface area contributed by atoms with E-state index in [0.717, 1.165) is 43.5 Å². The Labute approximate surface area is 153 Å². The maximum atomic E-state index is 12.7. The molecule has 3 fully saturated rings. The van der Waals surface area contributed by atoms with Crippen LogP contribution in [0.25, 0.3) is 0 Å². The summed E-state index contributed by atoms with van der Waals surface area (Å²) >= 11 is 0. The molecule has 0 aromatic rings. The van der Waals surface area contributed by atoms with E-state index in [1.165, 1.54) is 38.5 Å². The van der Waals surface area contributed by atoms with Gasteiger partial charge in [0.1, 0.15) is 0 Å². The Morgan fingerprint density at radius 2 is 1.80 bits per heavy atom. The highest BCUT2D eigenvalue weighted by Crippen LogP contribution is 2.44. The van der Waals surface area contributed by atoms with Crippen molar-refractivity contribution in [2.75, 3.05) is 27.7 Å². The number of carbonyl (C=O) groups excluding carboxylic acids is 1. The molecule has 2 N–H and O–H groups in total. The van der Waals surface area contributed by atoms with E-state index in [0.29, 0.717) is 12.6 Å². The summed E-state index contributed by atoms with van der Waals surface area (Å²) in [5, 5.41) is 7.09.